The molecule has 3 fully saturated rings. The lowest BCUT2D eigenvalue weighted by Crippen LogP contribution is -2.36. The summed E-state index contributed by atoms with van der Waals surface area (Å²) in [5, 5.41) is 6.20. The first kappa shape index (κ1) is 27.7. The lowest BCUT2D eigenvalue weighted by atomic mass is 10.1. The number of halogens is 3. The van der Waals surface area contributed by atoms with Crippen LogP contribution in [0.1, 0.15) is 6.42 Å². The zero-order valence-corrected chi connectivity index (χ0v) is 22.7. The summed E-state index contributed by atoms with van der Waals surface area (Å²) in [7, 11) is 0. The lowest BCUT2D eigenvalue weighted by molar-refractivity contribution is -0.116. The molecule has 0 spiro atoms. The predicted octanol–water partition coefficient (Wildman–Crippen LogP) is 4.23. The number of aromatic nitrogens is 2. The van der Waals surface area contributed by atoms with E-state index >= 15 is 4.39 Å². The molecule has 2 N–H and O–H groups in total. The maximum atomic E-state index is 15.0. The van der Waals surface area contributed by atoms with Gasteiger partial charge in [-0.3, -0.25) is 9.69 Å². The standard InChI is InChI=1S/C28H28ClF2N5O5/c29-19-9-16(1-2-20(19)30)34-27-18-10-23(24(11-22(18)32-15-33-27)41-17-4-6-38-14-17)35-28(37)21(31)3-5-36-12-25-26(13-36)40-8-7-39-25/h1-3,9-11,15,17,25-26H,4-8,12-14H2,(H,35,37)(H,32,33,34)/b21-3-/t17-,25-,26+/m0/s1. The Morgan fingerprint density at radius 1 is 1.15 bits per heavy atom. The van der Waals surface area contributed by atoms with E-state index < -0.39 is 17.6 Å². The average molecular weight is 588 g/mol. The third-order valence-electron chi connectivity index (χ3n) is 7.13. The highest BCUT2D eigenvalue weighted by Crippen LogP contribution is 2.35. The van der Waals surface area contributed by atoms with Crippen molar-refractivity contribution in [2.75, 3.05) is 56.7 Å². The molecular weight excluding hydrogens is 560 g/mol. The Balaban J connectivity index is 1.24. The van der Waals surface area contributed by atoms with Gasteiger partial charge in [0, 0.05) is 43.2 Å². The second-order valence-corrected chi connectivity index (χ2v) is 10.4. The molecular formula is C28H28ClF2N5O5. The summed E-state index contributed by atoms with van der Waals surface area (Å²) in [5.41, 5.74) is 1.25. The molecule has 0 saturated carbocycles. The minimum Gasteiger partial charge on any atom is -0.486 e. The van der Waals surface area contributed by atoms with Crippen molar-refractivity contribution < 1.29 is 32.5 Å². The molecule has 41 heavy (non-hydrogen) atoms. The van der Waals surface area contributed by atoms with Crippen LogP contribution in [0.5, 0.6) is 5.75 Å². The van der Waals surface area contributed by atoms with Gasteiger partial charge in [0.05, 0.1) is 54.9 Å². The summed E-state index contributed by atoms with van der Waals surface area (Å²) in [4.78, 5) is 23.6. The molecule has 2 aromatic carbocycles. The fraction of sp³-hybridized carbons (Fsp3) is 0.393. The largest absolute Gasteiger partial charge is 0.486 e. The van der Waals surface area contributed by atoms with Crippen LogP contribution in [0.2, 0.25) is 5.02 Å². The molecule has 6 rings (SSSR count). The first-order valence-corrected chi connectivity index (χ1v) is 13.7. The fourth-order valence-corrected chi connectivity index (χ4v) is 5.23. The molecule has 10 nitrogen and oxygen atoms in total. The van der Waals surface area contributed by atoms with Crippen LogP contribution in [0.15, 0.2) is 48.6 Å². The van der Waals surface area contributed by atoms with Gasteiger partial charge in [-0.15, -0.1) is 0 Å². The highest BCUT2D eigenvalue weighted by Gasteiger charge is 2.36. The van der Waals surface area contributed by atoms with Gasteiger partial charge in [-0.1, -0.05) is 11.6 Å². The molecule has 3 aliphatic rings. The number of amides is 1. The van der Waals surface area contributed by atoms with Gasteiger partial charge < -0.3 is 29.6 Å². The van der Waals surface area contributed by atoms with Gasteiger partial charge in [-0.25, -0.2) is 18.7 Å². The van der Waals surface area contributed by atoms with Crippen molar-refractivity contribution in [1.82, 2.24) is 14.9 Å². The smallest absolute Gasteiger partial charge is 0.284 e. The van der Waals surface area contributed by atoms with Crippen molar-refractivity contribution in [3.8, 4) is 5.75 Å². The van der Waals surface area contributed by atoms with Crippen LogP contribution in [0.4, 0.5) is 26.0 Å². The van der Waals surface area contributed by atoms with E-state index in [1.807, 2.05) is 4.90 Å². The molecule has 3 atom stereocenters. The molecule has 0 radical (unpaired) electrons. The summed E-state index contributed by atoms with van der Waals surface area (Å²) in [6.45, 7) is 3.50. The quantitative estimate of drug-likeness (QED) is 0.375. The Labute approximate surface area is 239 Å². The number of nitrogens with zero attached hydrogens (tertiary/aromatic N) is 3. The van der Waals surface area contributed by atoms with E-state index in [1.54, 1.807) is 12.1 Å². The van der Waals surface area contributed by atoms with E-state index in [-0.39, 0.29) is 35.6 Å². The van der Waals surface area contributed by atoms with Gasteiger partial charge in [0.2, 0.25) is 0 Å². The minimum absolute atomic E-state index is 0.0399. The number of hydrogen-bond donors (Lipinski definition) is 2. The molecule has 13 heteroatoms. The van der Waals surface area contributed by atoms with E-state index in [0.29, 0.717) is 74.1 Å². The van der Waals surface area contributed by atoms with E-state index in [0.717, 1.165) is 0 Å². The zero-order valence-electron chi connectivity index (χ0n) is 21.9. The topological polar surface area (TPSA) is 107 Å². The van der Waals surface area contributed by atoms with Gasteiger partial charge >= 0.3 is 0 Å². The third kappa shape index (κ3) is 6.41. The number of carbonyl (C=O) groups excluding carboxylic acids is 1. The van der Waals surface area contributed by atoms with E-state index in [9.17, 15) is 9.18 Å². The fourth-order valence-electron chi connectivity index (χ4n) is 5.05. The highest BCUT2D eigenvalue weighted by molar-refractivity contribution is 6.31. The number of fused-ring (bicyclic) bond motifs is 2. The van der Waals surface area contributed by atoms with Crippen LogP contribution in [-0.4, -0.2) is 85.1 Å². The predicted molar refractivity (Wildman–Crippen MR) is 148 cm³/mol. The normalized spacial score (nSPS) is 23.0. The Morgan fingerprint density at radius 2 is 1.95 bits per heavy atom. The number of ether oxygens (including phenoxy) is 4. The molecule has 4 heterocycles. The maximum absolute atomic E-state index is 15.0. The highest BCUT2D eigenvalue weighted by atomic mass is 35.5. The Kier molecular flexibility index (Phi) is 8.26. The summed E-state index contributed by atoms with van der Waals surface area (Å²) in [5.74, 6) is -1.70. The summed E-state index contributed by atoms with van der Waals surface area (Å²) >= 11 is 5.93. The second kappa shape index (κ2) is 12.2. The van der Waals surface area contributed by atoms with E-state index in [1.165, 1.54) is 30.6 Å². The van der Waals surface area contributed by atoms with Crippen LogP contribution >= 0.6 is 11.6 Å². The molecule has 3 saturated heterocycles. The Bertz CT molecular complexity index is 1460. The van der Waals surface area contributed by atoms with Crippen LogP contribution in [0.25, 0.3) is 10.9 Å². The van der Waals surface area contributed by atoms with E-state index in [4.69, 9.17) is 30.5 Å². The Morgan fingerprint density at radius 3 is 2.68 bits per heavy atom. The van der Waals surface area contributed by atoms with E-state index in [2.05, 4.69) is 20.6 Å². The van der Waals surface area contributed by atoms with Gasteiger partial charge in [0.25, 0.3) is 5.91 Å². The molecule has 0 unspecified atom stereocenters. The van der Waals surface area contributed by atoms with Crippen LogP contribution in [0, 0.1) is 5.82 Å². The summed E-state index contributed by atoms with van der Waals surface area (Å²) < 4.78 is 51.6. The molecule has 1 aromatic heterocycles. The first-order chi connectivity index (χ1) is 19.9. The monoisotopic (exact) mass is 587 g/mol. The SMILES string of the molecule is O=C(Nc1cc2c(Nc3ccc(F)c(Cl)c3)ncnc2cc1O[C@H]1CCOC1)/C(F)=C/CN1C[C@@H]2OCCO[C@@H]2C1. The molecule has 1 amide bonds. The van der Waals surface area contributed by atoms with Crippen molar-refractivity contribution in [3.63, 3.8) is 0 Å². The maximum Gasteiger partial charge on any atom is 0.284 e. The number of carbonyl (C=O) groups is 1. The number of rotatable bonds is 8. The number of nitrogens with one attached hydrogen (secondary N) is 2. The van der Waals surface area contributed by atoms with Gasteiger partial charge in [0.15, 0.2) is 5.83 Å². The molecule has 0 aliphatic carbocycles. The molecule has 0 bridgehead atoms. The lowest BCUT2D eigenvalue weighted by Gasteiger charge is -2.24. The van der Waals surface area contributed by atoms with Crippen molar-refractivity contribution in [2.24, 2.45) is 0 Å². The third-order valence-corrected chi connectivity index (χ3v) is 7.42. The first-order valence-electron chi connectivity index (χ1n) is 13.3. The van der Waals surface area contributed by atoms with Crippen LogP contribution in [-0.2, 0) is 19.0 Å². The van der Waals surface area contributed by atoms with Crippen molar-refractivity contribution in [3.05, 3.63) is 59.4 Å². The molecule has 3 aliphatic heterocycles. The minimum atomic E-state index is -0.930. The van der Waals surface area contributed by atoms with Crippen molar-refractivity contribution >= 4 is 45.6 Å². The van der Waals surface area contributed by atoms with Crippen LogP contribution in [0.3, 0.4) is 0 Å². The molecule has 3 aromatic rings. The van der Waals surface area contributed by atoms with Crippen LogP contribution < -0.4 is 15.4 Å². The summed E-state index contributed by atoms with van der Waals surface area (Å²) in [6, 6.07) is 7.45. The van der Waals surface area contributed by atoms with Gasteiger partial charge in [-0.05, 0) is 30.3 Å². The average Bonchev–Trinajstić information content (AvgIpc) is 3.64. The number of anilines is 3. The molecule has 216 valence electrons. The number of likely N-dealkylation sites (tertiary alicyclic amines) is 1. The summed E-state index contributed by atoms with van der Waals surface area (Å²) in [6.07, 6.45) is 2.97. The number of benzene rings is 2. The van der Waals surface area contributed by atoms with Crippen molar-refractivity contribution in [1.29, 1.82) is 0 Å². The second-order valence-electron chi connectivity index (χ2n) is 9.99. The Hall–Kier alpha value is -3.42. The number of hydrogen-bond acceptors (Lipinski definition) is 9. The zero-order chi connectivity index (χ0) is 28.3. The van der Waals surface area contributed by atoms with Crippen molar-refractivity contribution in [2.45, 2.75) is 24.7 Å². The van der Waals surface area contributed by atoms with Gasteiger partial charge in [-0.2, -0.15) is 0 Å². The van der Waals surface area contributed by atoms with Gasteiger partial charge in [0.1, 0.15) is 29.8 Å².